The van der Waals surface area contributed by atoms with Gasteiger partial charge in [-0.2, -0.15) is 0 Å². The third-order valence-corrected chi connectivity index (χ3v) is 13.4. The van der Waals surface area contributed by atoms with Gasteiger partial charge in [0.15, 0.2) is 6.29 Å². The number of ether oxygens (including phenoxy) is 2. The molecule has 0 aromatic rings. The monoisotopic (exact) mass is 590 g/mol. The third-order valence-electron chi connectivity index (χ3n) is 13.4. The number of fused-ring (bicyclic) bond motifs is 4. The first-order chi connectivity index (χ1) is 19.6. The normalized spacial score (nSPS) is 48.9. The van der Waals surface area contributed by atoms with Crippen molar-refractivity contribution in [2.75, 3.05) is 6.61 Å². The van der Waals surface area contributed by atoms with Gasteiger partial charge in [-0.1, -0.05) is 59.8 Å². The van der Waals surface area contributed by atoms with E-state index in [1.807, 2.05) is 0 Å². The summed E-state index contributed by atoms with van der Waals surface area (Å²) in [6, 6.07) is 0. The van der Waals surface area contributed by atoms with Crippen LogP contribution in [0, 0.1) is 46.3 Å². The first kappa shape index (κ1) is 32.6. The molecular formula is C35H58O7. The van der Waals surface area contributed by atoms with Crippen LogP contribution in [0.5, 0.6) is 0 Å². The lowest BCUT2D eigenvalue weighted by atomic mass is 9.51. The van der Waals surface area contributed by atoms with E-state index in [-0.39, 0.29) is 41.3 Å². The lowest BCUT2D eigenvalue weighted by Gasteiger charge is -2.54. The van der Waals surface area contributed by atoms with E-state index in [9.17, 15) is 25.5 Å². The first-order valence-corrected chi connectivity index (χ1v) is 16.7. The quantitative estimate of drug-likeness (QED) is 0.272. The Hall–Kier alpha value is -0.800. The molecule has 14 atom stereocenters. The minimum Gasteiger partial charge on any atom is -0.389 e. The van der Waals surface area contributed by atoms with E-state index < -0.39 is 36.3 Å². The second-order valence-electron chi connectivity index (χ2n) is 15.8. The molecule has 5 aliphatic rings. The second-order valence-corrected chi connectivity index (χ2v) is 15.8. The molecule has 4 fully saturated rings. The average molecular weight is 591 g/mol. The van der Waals surface area contributed by atoms with E-state index in [1.54, 1.807) is 0 Å². The topological polar surface area (TPSA) is 120 Å². The summed E-state index contributed by atoms with van der Waals surface area (Å²) >= 11 is 0. The largest absolute Gasteiger partial charge is 0.389 e. The van der Waals surface area contributed by atoms with Gasteiger partial charge in [-0.15, -0.1) is 0 Å². The molecule has 5 N–H and O–H groups in total. The predicted molar refractivity (Wildman–Crippen MR) is 162 cm³/mol. The van der Waals surface area contributed by atoms with Gasteiger partial charge in [0.25, 0.3) is 0 Å². The van der Waals surface area contributed by atoms with Gasteiger partial charge >= 0.3 is 0 Å². The lowest BCUT2D eigenvalue weighted by Crippen LogP contribution is -2.56. The summed E-state index contributed by atoms with van der Waals surface area (Å²) in [4.78, 5) is 0. The van der Waals surface area contributed by atoms with Crippen molar-refractivity contribution < 1.29 is 35.0 Å². The van der Waals surface area contributed by atoms with Gasteiger partial charge in [0.1, 0.15) is 18.3 Å². The molecule has 1 aliphatic heterocycles. The van der Waals surface area contributed by atoms with E-state index in [1.165, 1.54) is 18.4 Å². The summed E-state index contributed by atoms with van der Waals surface area (Å²) in [5, 5.41) is 53.5. The van der Waals surface area contributed by atoms with Crippen LogP contribution in [0.3, 0.4) is 0 Å². The Bertz CT molecular complexity index is 1030. The Morgan fingerprint density at radius 1 is 1.05 bits per heavy atom. The number of aliphatic hydroxyl groups excluding tert-OH is 4. The Kier molecular flexibility index (Phi) is 9.19. The van der Waals surface area contributed by atoms with Crippen molar-refractivity contribution in [3.63, 3.8) is 0 Å². The molecule has 7 heteroatoms. The molecule has 240 valence electrons. The Morgan fingerprint density at radius 3 is 2.45 bits per heavy atom. The molecule has 0 spiro atoms. The van der Waals surface area contributed by atoms with E-state index in [0.29, 0.717) is 37.0 Å². The van der Waals surface area contributed by atoms with Crippen LogP contribution in [0.2, 0.25) is 0 Å². The van der Waals surface area contributed by atoms with Gasteiger partial charge in [-0.25, -0.2) is 0 Å². The van der Waals surface area contributed by atoms with Crippen LogP contribution >= 0.6 is 0 Å². The van der Waals surface area contributed by atoms with Crippen LogP contribution in [-0.2, 0) is 9.47 Å². The van der Waals surface area contributed by atoms with Crippen molar-refractivity contribution in [2.45, 2.75) is 142 Å². The minimum absolute atomic E-state index is 0.0652. The maximum absolute atomic E-state index is 12.2. The number of rotatable bonds is 7. The fourth-order valence-electron chi connectivity index (χ4n) is 10.3. The van der Waals surface area contributed by atoms with E-state index in [4.69, 9.17) is 9.47 Å². The van der Waals surface area contributed by atoms with E-state index in [2.05, 4.69) is 54.2 Å². The first-order valence-electron chi connectivity index (χ1n) is 16.7. The molecule has 1 heterocycles. The molecule has 4 aliphatic carbocycles. The highest BCUT2D eigenvalue weighted by Crippen LogP contribution is 2.69. The highest BCUT2D eigenvalue weighted by Gasteiger charge is 2.62. The molecule has 0 aromatic heterocycles. The molecule has 3 saturated carbocycles. The Labute approximate surface area is 253 Å². The van der Waals surface area contributed by atoms with Crippen LogP contribution in [0.25, 0.3) is 0 Å². The van der Waals surface area contributed by atoms with Crippen molar-refractivity contribution in [1.29, 1.82) is 0 Å². The van der Waals surface area contributed by atoms with Crippen LogP contribution < -0.4 is 0 Å². The van der Waals surface area contributed by atoms with Gasteiger partial charge in [0.05, 0.1) is 24.4 Å². The molecule has 5 rings (SSSR count). The van der Waals surface area contributed by atoms with Crippen LogP contribution in [0.4, 0.5) is 0 Å². The molecule has 0 amide bonds. The molecule has 0 bridgehead atoms. The third kappa shape index (κ3) is 5.37. The zero-order valence-electron chi connectivity index (χ0n) is 26.8. The van der Waals surface area contributed by atoms with E-state index >= 15 is 0 Å². The molecule has 0 radical (unpaired) electrons. The summed E-state index contributed by atoms with van der Waals surface area (Å²) in [7, 11) is 0. The number of allylic oxidation sites excluding steroid dienone is 1. The molecule has 42 heavy (non-hydrogen) atoms. The summed E-state index contributed by atoms with van der Waals surface area (Å²) in [6.07, 6.45) is 5.26. The van der Waals surface area contributed by atoms with Crippen LogP contribution in [-0.4, -0.2) is 74.6 Å². The van der Waals surface area contributed by atoms with Crippen molar-refractivity contribution in [2.24, 2.45) is 46.3 Å². The molecule has 0 unspecified atom stereocenters. The number of hydrogen-bond donors (Lipinski definition) is 5. The summed E-state index contributed by atoms with van der Waals surface area (Å²) in [5.41, 5.74) is 1.90. The zero-order chi connectivity index (χ0) is 30.8. The fourth-order valence-corrected chi connectivity index (χ4v) is 10.3. The minimum atomic E-state index is -1.30. The average Bonchev–Trinajstić information content (AvgIpc) is 3.10. The van der Waals surface area contributed by atoms with Gasteiger partial charge in [0.2, 0.25) is 0 Å². The predicted octanol–water partition coefficient (Wildman–Crippen LogP) is 4.74. The fraction of sp³-hybridized carbons (Fsp3) is 0.886. The highest BCUT2D eigenvalue weighted by atomic mass is 16.7. The molecular weight excluding hydrogens is 532 g/mol. The maximum Gasteiger partial charge on any atom is 0.186 e. The Balaban J connectivity index is 1.31. The van der Waals surface area contributed by atoms with Gasteiger partial charge in [0, 0.05) is 0 Å². The summed E-state index contributed by atoms with van der Waals surface area (Å²) in [6.45, 7) is 17.8. The van der Waals surface area contributed by atoms with Crippen LogP contribution in [0.15, 0.2) is 23.8 Å². The van der Waals surface area contributed by atoms with Crippen molar-refractivity contribution >= 4 is 0 Å². The maximum atomic E-state index is 12.2. The van der Waals surface area contributed by atoms with Crippen molar-refractivity contribution in [1.82, 2.24) is 0 Å². The molecule has 7 nitrogen and oxygen atoms in total. The standard InChI is InChI=1S/C35H58O7/c1-19(2)21(4)27(36)16-20(3)24-11-14-34(7)26-9-8-25-22(5)29(42-32-31(39)30(38)28(37)18-41-32)12-15-35(25,40)17-23(26)10-13-33(24,34)6/h10,19-20,22,24-32,36-40H,4,8-9,11-18H2,1-3,5-7H3/t20-,22+,24-,25+,26-,27-,28+,29+,30+,31-,32+,33-,34+,35+/m1/s1. The van der Waals surface area contributed by atoms with Gasteiger partial charge < -0.3 is 35.0 Å². The van der Waals surface area contributed by atoms with Crippen LogP contribution in [0.1, 0.15) is 99.3 Å². The zero-order valence-corrected chi connectivity index (χ0v) is 26.8. The highest BCUT2D eigenvalue weighted by molar-refractivity contribution is 5.27. The SMILES string of the molecule is C=C(C(C)C)[C@H](O)C[C@@H](C)[C@H]1CC[C@@]2(C)[C@@H]3CC[C@H]4[C@H](C)[C@@H](O[C@@H]5OC[C@H](O)[C@H](O)[C@H]5O)CC[C@]4(O)CC3=CC[C@]12C. The second kappa shape index (κ2) is 11.9. The Morgan fingerprint density at radius 2 is 1.76 bits per heavy atom. The van der Waals surface area contributed by atoms with Gasteiger partial charge in [-0.05, 0) is 110 Å². The number of hydrogen-bond acceptors (Lipinski definition) is 7. The summed E-state index contributed by atoms with van der Waals surface area (Å²) in [5.74, 6) is 1.80. The lowest BCUT2D eigenvalue weighted by molar-refractivity contribution is -0.295. The summed E-state index contributed by atoms with van der Waals surface area (Å²) < 4.78 is 11.8. The van der Waals surface area contributed by atoms with Gasteiger partial charge in [-0.3, -0.25) is 0 Å². The van der Waals surface area contributed by atoms with Crippen molar-refractivity contribution in [3.05, 3.63) is 23.8 Å². The smallest absolute Gasteiger partial charge is 0.186 e. The molecule has 0 aromatic carbocycles. The van der Waals surface area contributed by atoms with E-state index in [0.717, 1.165) is 31.3 Å². The number of aliphatic hydroxyl groups is 5. The molecule has 1 saturated heterocycles. The van der Waals surface area contributed by atoms with Crippen molar-refractivity contribution in [3.8, 4) is 0 Å².